The first-order chi connectivity index (χ1) is 9.69. The minimum absolute atomic E-state index is 0.0637. The van der Waals surface area contributed by atoms with Gasteiger partial charge in [-0.15, -0.1) is 6.58 Å². The van der Waals surface area contributed by atoms with E-state index < -0.39 is 0 Å². The zero-order chi connectivity index (χ0) is 14.4. The highest BCUT2D eigenvalue weighted by Crippen LogP contribution is 2.07. The van der Waals surface area contributed by atoms with Gasteiger partial charge in [0.1, 0.15) is 0 Å². The van der Waals surface area contributed by atoms with Gasteiger partial charge >= 0.3 is 0 Å². The van der Waals surface area contributed by atoms with E-state index in [9.17, 15) is 4.79 Å². The second kappa shape index (κ2) is 6.71. The summed E-state index contributed by atoms with van der Waals surface area (Å²) in [6.45, 7) is 5.81. The van der Waals surface area contributed by atoms with Crippen molar-refractivity contribution in [2.45, 2.75) is 19.4 Å². The molecular weight excluding hydrogens is 246 g/mol. The number of hydrogen-bond acceptors (Lipinski definition) is 1. The maximum Gasteiger partial charge on any atom is 0.251 e. The number of amides is 1. The minimum atomic E-state index is -0.0640. The van der Waals surface area contributed by atoms with E-state index >= 15 is 0 Å². The topological polar surface area (TPSA) is 29.1 Å². The molecule has 0 radical (unpaired) electrons. The zero-order valence-corrected chi connectivity index (χ0v) is 11.7. The predicted octanol–water partition coefficient (Wildman–Crippen LogP) is 3.52. The number of carbonyl (C=O) groups is 1. The van der Waals surface area contributed by atoms with Crippen LogP contribution in [0.1, 0.15) is 21.5 Å². The fraction of sp³-hybridized carbons (Fsp3) is 0.167. The smallest absolute Gasteiger partial charge is 0.251 e. The van der Waals surface area contributed by atoms with Crippen molar-refractivity contribution in [1.82, 2.24) is 5.32 Å². The first-order valence-corrected chi connectivity index (χ1v) is 6.73. The molecular formula is C18H19NO. The summed E-state index contributed by atoms with van der Waals surface area (Å²) in [6, 6.07) is 17.6. The van der Waals surface area contributed by atoms with E-state index in [-0.39, 0.29) is 11.9 Å². The van der Waals surface area contributed by atoms with Crippen molar-refractivity contribution in [2.75, 3.05) is 0 Å². The molecule has 1 atom stereocenters. The Labute approximate surface area is 120 Å². The molecule has 0 spiro atoms. The molecule has 0 fully saturated rings. The van der Waals surface area contributed by atoms with Gasteiger partial charge in [0.25, 0.3) is 5.91 Å². The Balaban J connectivity index is 2.01. The Morgan fingerprint density at radius 1 is 1.15 bits per heavy atom. The highest BCUT2D eigenvalue weighted by Gasteiger charge is 2.11. The Morgan fingerprint density at radius 3 is 2.40 bits per heavy atom. The van der Waals surface area contributed by atoms with E-state index in [1.807, 2.05) is 49.4 Å². The SMILES string of the molecule is C=C[C@H](Cc1ccccc1)NC(=O)c1ccc(C)cc1. The first kappa shape index (κ1) is 14.1. The van der Waals surface area contributed by atoms with Gasteiger partial charge in [-0.2, -0.15) is 0 Å². The third-order valence-corrected chi connectivity index (χ3v) is 3.21. The largest absolute Gasteiger partial charge is 0.346 e. The molecule has 0 heterocycles. The van der Waals surface area contributed by atoms with E-state index in [1.54, 1.807) is 6.08 Å². The van der Waals surface area contributed by atoms with Crippen molar-refractivity contribution in [3.8, 4) is 0 Å². The molecule has 0 aliphatic carbocycles. The monoisotopic (exact) mass is 265 g/mol. The molecule has 2 nitrogen and oxygen atoms in total. The van der Waals surface area contributed by atoms with Gasteiger partial charge in [-0.05, 0) is 31.0 Å². The molecule has 0 aliphatic rings. The molecule has 0 unspecified atom stereocenters. The predicted molar refractivity (Wildman–Crippen MR) is 82.8 cm³/mol. The number of aryl methyl sites for hydroxylation is 1. The van der Waals surface area contributed by atoms with Crippen molar-refractivity contribution in [3.63, 3.8) is 0 Å². The second-order valence-electron chi connectivity index (χ2n) is 4.87. The average molecular weight is 265 g/mol. The molecule has 20 heavy (non-hydrogen) atoms. The Morgan fingerprint density at radius 2 is 1.80 bits per heavy atom. The van der Waals surface area contributed by atoms with Crippen LogP contribution in [0.25, 0.3) is 0 Å². The minimum Gasteiger partial charge on any atom is -0.346 e. The molecule has 2 aromatic rings. The highest BCUT2D eigenvalue weighted by atomic mass is 16.1. The summed E-state index contributed by atoms with van der Waals surface area (Å²) in [6.07, 6.45) is 2.53. The summed E-state index contributed by atoms with van der Waals surface area (Å²) in [5, 5.41) is 2.99. The molecule has 0 aromatic heterocycles. The van der Waals surface area contributed by atoms with Crippen molar-refractivity contribution < 1.29 is 4.79 Å². The number of carbonyl (C=O) groups excluding carboxylic acids is 1. The maximum absolute atomic E-state index is 12.2. The summed E-state index contributed by atoms with van der Waals surface area (Å²) >= 11 is 0. The molecule has 1 N–H and O–H groups in total. The Kier molecular flexibility index (Phi) is 4.72. The summed E-state index contributed by atoms with van der Waals surface area (Å²) in [7, 11) is 0. The van der Waals surface area contributed by atoms with Crippen molar-refractivity contribution in [3.05, 3.63) is 83.9 Å². The summed E-state index contributed by atoms with van der Waals surface area (Å²) in [4.78, 5) is 12.2. The van der Waals surface area contributed by atoms with Gasteiger partial charge in [0.05, 0.1) is 6.04 Å². The van der Waals surface area contributed by atoms with Crippen LogP contribution in [0, 0.1) is 6.92 Å². The fourth-order valence-electron chi connectivity index (χ4n) is 2.02. The van der Waals surface area contributed by atoms with Gasteiger partial charge in [-0.1, -0.05) is 54.1 Å². The van der Waals surface area contributed by atoms with Crippen LogP contribution in [0.5, 0.6) is 0 Å². The zero-order valence-electron chi connectivity index (χ0n) is 11.7. The summed E-state index contributed by atoms with van der Waals surface area (Å²) in [5.74, 6) is -0.0640. The van der Waals surface area contributed by atoms with Gasteiger partial charge in [0.15, 0.2) is 0 Å². The molecule has 0 aliphatic heterocycles. The molecule has 0 saturated carbocycles. The van der Waals surface area contributed by atoms with Gasteiger partial charge < -0.3 is 5.32 Å². The normalized spacial score (nSPS) is 11.7. The lowest BCUT2D eigenvalue weighted by Crippen LogP contribution is -2.34. The summed E-state index contributed by atoms with van der Waals surface area (Å²) in [5.41, 5.74) is 3.00. The van der Waals surface area contributed by atoms with Crippen LogP contribution in [0.3, 0.4) is 0 Å². The van der Waals surface area contributed by atoms with Crippen LogP contribution in [-0.2, 0) is 6.42 Å². The summed E-state index contributed by atoms with van der Waals surface area (Å²) < 4.78 is 0. The fourth-order valence-corrected chi connectivity index (χ4v) is 2.02. The lowest BCUT2D eigenvalue weighted by atomic mass is 10.1. The third kappa shape index (κ3) is 3.82. The van der Waals surface area contributed by atoms with Gasteiger partial charge in [-0.3, -0.25) is 4.79 Å². The van der Waals surface area contributed by atoms with Crippen LogP contribution in [-0.4, -0.2) is 11.9 Å². The molecule has 0 saturated heterocycles. The van der Waals surface area contributed by atoms with Gasteiger partial charge in [-0.25, -0.2) is 0 Å². The number of hydrogen-bond donors (Lipinski definition) is 1. The highest BCUT2D eigenvalue weighted by molar-refractivity contribution is 5.94. The third-order valence-electron chi connectivity index (χ3n) is 3.21. The van der Waals surface area contributed by atoms with Crippen LogP contribution in [0.15, 0.2) is 67.3 Å². The van der Waals surface area contributed by atoms with Crippen molar-refractivity contribution in [1.29, 1.82) is 0 Å². The quantitative estimate of drug-likeness (QED) is 0.823. The standard InChI is InChI=1S/C18H19NO/c1-3-17(13-15-7-5-4-6-8-15)19-18(20)16-11-9-14(2)10-12-16/h3-12,17H,1,13H2,2H3,(H,19,20)/t17-/m1/s1. The second-order valence-corrected chi connectivity index (χ2v) is 4.87. The van der Waals surface area contributed by atoms with E-state index in [2.05, 4.69) is 24.0 Å². The molecule has 2 heteroatoms. The number of nitrogens with one attached hydrogen (secondary N) is 1. The van der Waals surface area contributed by atoms with E-state index in [0.717, 1.165) is 12.0 Å². The van der Waals surface area contributed by atoms with Gasteiger partial charge in [0.2, 0.25) is 0 Å². The molecule has 1 amide bonds. The van der Waals surface area contributed by atoms with Crippen LogP contribution in [0.4, 0.5) is 0 Å². The number of rotatable bonds is 5. The van der Waals surface area contributed by atoms with Gasteiger partial charge in [0, 0.05) is 5.56 Å². The van der Waals surface area contributed by atoms with Crippen LogP contribution in [0.2, 0.25) is 0 Å². The molecule has 2 rings (SSSR count). The average Bonchev–Trinajstić information content (AvgIpc) is 2.48. The van der Waals surface area contributed by atoms with Crippen molar-refractivity contribution >= 4 is 5.91 Å². The maximum atomic E-state index is 12.2. The first-order valence-electron chi connectivity index (χ1n) is 6.73. The van der Waals surface area contributed by atoms with E-state index in [0.29, 0.717) is 5.56 Å². The lowest BCUT2D eigenvalue weighted by Gasteiger charge is -2.15. The van der Waals surface area contributed by atoms with E-state index in [4.69, 9.17) is 0 Å². The van der Waals surface area contributed by atoms with E-state index in [1.165, 1.54) is 5.56 Å². The molecule has 102 valence electrons. The lowest BCUT2D eigenvalue weighted by molar-refractivity contribution is 0.0944. The Bertz CT molecular complexity index is 572. The molecule has 0 bridgehead atoms. The van der Waals surface area contributed by atoms with Crippen LogP contribution >= 0.6 is 0 Å². The number of benzene rings is 2. The Hall–Kier alpha value is -2.35. The van der Waals surface area contributed by atoms with Crippen molar-refractivity contribution in [2.24, 2.45) is 0 Å². The molecule has 2 aromatic carbocycles. The van der Waals surface area contributed by atoms with Crippen LogP contribution < -0.4 is 5.32 Å².